The summed E-state index contributed by atoms with van der Waals surface area (Å²) in [5.74, 6) is 2.17. The van der Waals surface area contributed by atoms with Gasteiger partial charge in [-0.15, -0.1) is 0 Å². The van der Waals surface area contributed by atoms with E-state index in [0.29, 0.717) is 6.04 Å². The second-order valence-corrected chi connectivity index (χ2v) is 6.80. The van der Waals surface area contributed by atoms with Gasteiger partial charge in [-0.1, -0.05) is 59.2 Å². The first-order valence-corrected chi connectivity index (χ1v) is 8.62. The largest absolute Gasteiger partial charge is 0.312 e. The summed E-state index contributed by atoms with van der Waals surface area (Å²) in [5.41, 5.74) is 6.85. The van der Waals surface area contributed by atoms with Crippen molar-refractivity contribution in [3.63, 3.8) is 0 Å². The molecule has 2 aromatic carbocycles. The first-order valence-electron chi connectivity index (χ1n) is 7.47. The Morgan fingerprint density at radius 2 is 1.67 bits per heavy atom. The van der Waals surface area contributed by atoms with Crippen LogP contribution < -0.4 is 5.32 Å². The molecule has 0 spiro atoms. The Morgan fingerprint density at radius 1 is 0.952 bits per heavy atom. The molecular weight excluding hydrogens is 274 g/mol. The summed E-state index contributed by atoms with van der Waals surface area (Å²) in [5, 5.41) is 3.43. The highest BCUT2D eigenvalue weighted by molar-refractivity contribution is 7.98. The summed E-state index contributed by atoms with van der Waals surface area (Å²) in [6.45, 7) is 6.49. The van der Waals surface area contributed by atoms with Crippen molar-refractivity contribution in [2.45, 2.75) is 32.6 Å². The van der Waals surface area contributed by atoms with Crippen molar-refractivity contribution in [3.05, 3.63) is 70.3 Å². The van der Waals surface area contributed by atoms with Crippen LogP contribution in [0, 0.1) is 20.8 Å². The Kier molecular flexibility index (Phi) is 5.89. The molecular formula is C19H25NS. The quantitative estimate of drug-likeness (QED) is 0.822. The molecule has 0 amide bonds. The second-order valence-electron chi connectivity index (χ2n) is 5.77. The third-order valence-electron chi connectivity index (χ3n) is 3.63. The van der Waals surface area contributed by atoms with Gasteiger partial charge in [0.2, 0.25) is 0 Å². The first-order chi connectivity index (χ1) is 10.1. The average molecular weight is 299 g/mol. The fourth-order valence-corrected chi connectivity index (χ4v) is 3.80. The van der Waals surface area contributed by atoms with Gasteiger partial charge in [-0.3, -0.25) is 0 Å². The number of benzene rings is 2. The predicted octanol–water partition coefficient (Wildman–Crippen LogP) is 4.81. The molecule has 2 aromatic rings. The lowest BCUT2D eigenvalue weighted by Gasteiger charge is -2.17. The lowest BCUT2D eigenvalue weighted by atomic mass is 10.1. The van der Waals surface area contributed by atoms with E-state index in [-0.39, 0.29) is 0 Å². The molecule has 112 valence electrons. The van der Waals surface area contributed by atoms with Crippen molar-refractivity contribution < 1.29 is 0 Å². The van der Waals surface area contributed by atoms with E-state index in [4.69, 9.17) is 0 Å². The van der Waals surface area contributed by atoms with Crippen molar-refractivity contribution in [3.8, 4) is 0 Å². The molecule has 0 radical (unpaired) electrons. The first kappa shape index (κ1) is 16.1. The van der Waals surface area contributed by atoms with Gasteiger partial charge in [-0.05, 0) is 38.9 Å². The predicted molar refractivity (Wildman–Crippen MR) is 95.1 cm³/mol. The third kappa shape index (κ3) is 4.90. The van der Waals surface area contributed by atoms with Crippen molar-refractivity contribution >= 4 is 11.8 Å². The minimum Gasteiger partial charge on any atom is -0.312 e. The molecule has 0 saturated heterocycles. The van der Waals surface area contributed by atoms with Crippen LogP contribution in [-0.4, -0.2) is 12.8 Å². The highest BCUT2D eigenvalue weighted by Gasteiger charge is 2.09. The smallest absolute Gasteiger partial charge is 0.0409 e. The van der Waals surface area contributed by atoms with Gasteiger partial charge in [0.25, 0.3) is 0 Å². The maximum atomic E-state index is 3.43. The average Bonchev–Trinajstić information content (AvgIpc) is 2.42. The minimum atomic E-state index is 0.417. The molecule has 0 aliphatic rings. The molecule has 1 N–H and O–H groups in total. The van der Waals surface area contributed by atoms with E-state index in [0.717, 1.165) is 11.5 Å². The van der Waals surface area contributed by atoms with Gasteiger partial charge in [-0.2, -0.15) is 11.8 Å². The van der Waals surface area contributed by atoms with E-state index in [9.17, 15) is 0 Å². The van der Waals surface area contributed by atoms with E-state index in [1.165, 1.54) is 27.8 Å². The summed E-state index contributed by atoms with van der Waals surface area (Å²) in [6.07, 6.45) is 0. The highest BCUT2D eigenvalue weighted by atomic mass is 32.2. The van der Waals surface area contributed by atoms with Gasteiger partial charge in [0, 0.05) is 17.5 Å². The van der Waals surface area contributed by atoms with Crippen molar-refractivity contribution in [2.24, 2.45) is 0 Å². The molecule has 0 aliphatic carbocycles. The van der Waals surface area contributed by atoms with Crippen LogP contribution in [0.1, 0.15) is 33.9 Å². The molecule has 2 rings (SSSR count). The van der Waals surface area contributed by atoms with Gasteiger partial charge in [0.15, 0.2) is 0 Å². The molecule has 0 aliphatic heterocycles. The maximum Gasteiger partial charge on any atom is 0.0409 e. The van der Waals surface area contributed by atoms with Gasteiger partial charge in [0.05, 0.1) is 0 Å². The zero-order valence-electron chi connectivity index (χ0n) is 13.4. The number of hydrogen-bond donors (Lipinski definition) is 1. The van der Waals surface area contributed by atoms with Crippen LogP contribution in [0.2, 0.25) is 0 Å². The lowest BCUT2D eigenvalue weighted by molar-refractivity contribution is 0.661. The lowest BCUT2D eigenvalue weighted by Crippen LogP contribution is -2.18. The summed E-state index contributed by atoms with van der Waals surface area (Å²) in [7, 11) is 2.05. The molecule has 0 heterocycles. The summed E-state index contributed by atoms with van der Waals surface area (Å²) >= 11 is 1.99. The van der Waals surface area contributed by atoms with Crippen LogP contribution >= 0.6 is 11.8 Å². The Hall–Kier alpha value is -1.25. The number of aryl methyl sites for hydroxylation is 3. The van der Waals surface area contributed by atoms with Crippen LogP contribution in [0.25, 0.3) is 0 Å². The van der Waals surface area contributed by atoms with E-state index >= 15 is 0 Å². The summed E-state index contributed by atoms with van der Waals surface area (Å²) in [4.78, 5) is 0. The Morgan fingerprint density at radius 3 is 2.29 bits per heavy atom. The van der Waals surface area contributed by atoms with E-state index < -0.39 is 0 Å². The van der Waals surface area contributed by atoms with Crippen LogP contribution in [0.3, 0.4) is 0 Å². The maximum absolute atomic E-state index is 3.43. The molecule has 0 bridgehead atoms. The van der Waals surface area contributed by atoms with Gasteiger partial charge in [-0.25, -0.2) is 0 Å². The normalized spacial score (nSPS) is 12.4. The molecule has 0 aromatic heterocycles. The molecule has 21 heavy (non-hydrogen) atoms. The fraction of sp³-hybridized carbons (Fsp3) is 0.368. The molecule has 0 saturated carbocycles. The minimum absolute atomic E-state index is 0.417. The van der Waals surface area contributed by atoms with E-state index in [1.807, 2.05) is 18.8 Å². The molecule has 1 nitrogen and oxygen atoms in total. The zero-order chi connectivity index (χ0) is 15.2. The highest BCUT2D eigenvalue weighted by Crippen LogP contribution is 2.22. The summed E-state index contributed by atoms with van der Waals surface area (Å²) < 4.78 is 0. The number of thioether (sulfide) groups is 1. The van der Waals surface area contributed by atoms with E-state index in [2.05, 4.69) is 68.6 Å². The van der Waals surface area contributed by atoms with Gasteiger partial charge in [0.1, 0.15) is 0 Å². The van der Waals surface area contributed by atoms with Crippen LogP contribution in [0.15, 0.2) is 42.5 Å². The van der Waals surface area contributed by atoms with Gasteiger partial charge >= 0.3 is 0 Å². The monoisotopic (exact) mass is 299 g/mol. The zero-order valence-corrected chi connectivity index (χ0v) is 14.3. The molecule has 2 heteroatoms. The SMILES string of the molecule is CNC(CSCc1cc(C)cc(C)c1)c1cccc(C)c1. The Balaban J connectivity index is 1.94. The molecule has 1 atom stereocenters. The van der Waals surface area contributed by atoms with Crippen LogP contribution in [0.5, 0.6) is 0 Å². The second kappa shape index (κ2) is 7.67. The summed E-state index contributed by atoms with van der Waals surface area (Å²) in [6, 6.07) is 16.0. The number of rotatable bonds is 6. The molecule has 0 fully saturated rings. The van der Waals surface area contributed by atoms with Crippen molar-refractivity contribution in [2.75, 3.05) is 12.8 Å². The Labute approximate surface area is 133 Å². The van der Waals surface area contributed by atoms with Crippen molar-refractivity contribution in [1.82, 2.24) is 5.32 Å². The van der Waals surface area contributed by atoms with Gasteiger partial charge < -0.3 is 5.32 Å². The van der Waals surface area contributed by atoms with E-state index in [1.54, 1.807) is 0 Å². The standard InChI is InChI=1S/C19H25NS/c1-14-6-5-7-18(11-14)19(20-4)13-21-12-17-9-15(2)8-16(3)10-17/h5-11,19-20H,12-13H2,1-4H3. The molecule has 1 unspecified atom stereocenters. The van der Waals surface area contributed by atoms with Crippen molar-refractivity contribution in [1.29, 1.82) is 0 Å². The van der Waals surface area contributed by atoms with Crippen LogP contribution in [0.4, 0.5) is 0 Å². The number of nitrogens with one attached hydrogen (secondary N) is 1. The number of hydrogen-bond acceptors (Lipinski definition) is 2. The topological polar surface area (TPSA) is 12.0 Å². The third-order valence-corrected chi connectivity index (χ3v) is 4.73. The Bertz CT molecular complexity index is 572. The van der Waals surface area contributed by atoms with Crippen LogP contribution in [-0.2, 0) is 5.75 Å². The fourth-order valence-electron chi connectivity index (χ4n) is 2.68.